The summed E-state index contributed by atoms with van der Waals surface area (Å²) in [6.45, 7) is 5.09. The fourth-order valence-corrected chi connectivity index (χ4v) is 3.14. The molecule has 21 heavy (non-hydrogen) atoms. The van der Waals surface area contributed by atoms with Crippen LogP contribution in [0.1, 0.15) is 36.3 Å². The molecular formula is C16H20N4O. The molecule has 0 radical (unpaired) electrons. The van der Waals surface area contributed by atoms with Crippen molar-refractivity contribution in [1.82, 2.24) is 15.5 Å². The molecule has 1 saturated carbocycles. The van der Waals surface area contributed by atoms with E-state index in [1.165, 1.54) is 5.56 Å². The Balaban J connectivity index is 1.75. The van der Waals surface area contributed by atoms with Crippen LogP contribution in [-0.4, -0.2) is 22.6 Å². The Labute approximate surface area is 123 Å². The number of nitrogen functional groups attached to an aromatic ring is 1. The van der Waals surface area contributed by atoms with E-state index >= 15 is 0 Å². The standard InChI is InChI=1S/C16H20N4O/c1-15(2)9-16(15,11-6-4-3-5-7-11)10-18-14(21)12-8-13(17)20-19-12/h3-8H,9-10H2,1-2H3,(H,18,21)(H3,17,19,20)/t16-/m1/s1. The zero-order valence-electron chi connectivity index (χ0n) is 12.3. The van der Waals surface area contributed by atoms with Gasteiger partial charge in [-0.15, -0.1) is 0 Å². The SMILES string of the molecule is CC1(C)C[C@@]1(CNC(=O)c1cc(N)n[nH]1)c1ccccc1. The minimum atomic E-state index is -0.169. The summed E-state index contributed by atoms with van der Waals surface area (Å²) in [5.41, 5.74) is 7.40. The maximum atomic E-state index is 12.1. The molecule has 0 bridgehead atoms. The zero-order chi connectivity index (χ0) is 15.1. The second kappa shape index (κ2) is 4.62. The lowest BCUT2D eigenvalue weighted by molar-refractivity contribution is 0.0943. The third-order valence-corrected chi connectivity index (χ3v) is 4.63. The molecule has 110 valence electrons. The quantitative estimate of drug-likeness (QED) is 0.803. The van der Waals surface area contributed by atoms with Gasteiger partial charge < -0.3 is 11.1 Å². The van der Waals surface area contributed by atoms with Crippen molar-refractivity contribution in [1.29, 1.82) is 0 Å². The Kier molecular flexibility index (Phi) is 3.01. The van der Waals surface area contributed by atoms with Crippen molar-refractivity contribution in [3.8, 4) is 0 Å². The largest absolute Gasteiger partial charge is 0.382 e. The van der Waals surface area contributed by atoms with Crippen LogP contribution in [0.2, 0.25) is 0 Å². The van der Waals surface area contributed by atoms with Crippen LogP contribution < -0.4 is 11.1 Å². The highest BCUT2D eigenvalue weighted by Gasteiger charge is 2.61. The topological polar surface area (TPSA) is 83.8 Å². The summed E-state index contributed by atoms with van der Waals surface area (Å²) in [5.74, 6) is 0.155. The predicted octanol–water partition coefficient (Wildman–Crippen LogP) is 2.09. The van der Waals surface area contributed by atoms with Crippen LogP contribution in [0.5, 0.6) is 0 Å². The molecule has 2 aromatic rings. The molecule has 1 aromatic heterocycles. The third kappa shape index (κ3) is 2.28. The van der Waals surface area contributed by atoms with Crippen LogP contribution in [0.25, 0.3) is 0 Å². The van der Waals surface area contributed by atoms with Crippen molar-refractivity contribution in [2.45, 2.75) is 25.7 Å². The fraction of sp³-hybridized carbons (Fsp3) is 0.375. The summed E-state index contributed by atoms with van der Waals surface area (Å²) < 4.78 is 0. The first-order chi connectivity index (χ1) is 9.95. The Bertz CT molecular complexity index is 662. The highest BCUT2D eigenvalue weighted by atomic mass is 16.1. The van der Waals surface area contributed by atoms with E-state index in [1.54, 1.807) is 6.07 Å². The van der Waals surface area contributed by atoms with Crippen molar-refractivity contribution >= 4 is 11.7 Å². The van der Waals surface area contributed by atoms with Gasteiger partial charge in [0, 0.05) is 18.0 Å². The van der Waals surface area contributed by atoms with Gasteiger partial charge in [-0.1, -0.05) is 44.2 Å². The maximum Gasteiger partial charge on any atom is 0.269 e. The Morgan fingerprint density at radius 2 is 2.05 bits per heavy atom. The van der Waals surface area contributed by atoms with E-state index in [4.69, 9.17) is 5.73 Å². The molecule has 0 aliphatic heterocycles. The summed E-state index contributed by atoms with van der Waals surface area (Å²) in [7, 11) is 0. The van der Waals surface area contributed by atoms with Gasteiger partial charge in [-0.25, -0.2) is 0 Å². The molecule has 0 saturated heterocycles. The van der Waals surface area contributed by atoms with Gasteiger partial charge in [-0.3, -0.25) is 9.89 Å². The number of anilines is 1. The van der Waals surface area contributed by atoms with Gasteiger partial charge >= 0.3 is 0 Å². The number of aromatic amines is 1. The summed E-state index contributed by atoms with van der Waals surface area (Å²) in [6, 6.07) is 11.9. The molecule has 1 aliphatic rings. The molecule has 1 amide bonds. The van der Waals surface area contributed by atoms with Crippen molar-refractivity contribution in [2.75, 3.05) is 12.3 Å². The van der Waals surface area contributed by atoms with Crippen LogP contribution in [0.3, 0.4) is 0 Å². The van der Waals surface area contributed by atoms with Crippen molar-refractivity contribution in [2.24, 2.45) is 5.41 Å². The molecule has 4 N–H and O–H groups in total. The van der Waals surface area contributed by atoms with Crippen LogP contribution in [0, 0.1) is 5.41 Å². The first-order valence-electron chi connectivity index (χ1n) is 7.09. The monoisotopic (exact) mass is 284 g/mol. The molecule has 3 rings (SSSR count). The van der Waals surface area contributed by atoms with E-state index in [0.717, 1.165) is 6.42 Å². The molecule has 1 aromatic carbocycles. The number of benzene rings is 1. The fourth-order valence-electron chi connectivity index (χ4n) is 3.14. The van der Waals surface area contributed by atoms with E-state index in [2.05, 4.69) is 41.5 Å². The number of aromatic nitrogens is 2. The molecule has 1 atom stereocenters. The van der Waals surface area contributed by atoms with E-state index in [-0.39, 0.29) is 16.7 Å². The minimum absolute atomic E-state index is 0.00941. The number of nitrogens with two attached hydrogens (primary N) is 1. The number of nitrogens with one attached hydrogen (secondary N) is 2. The lowest BCUT2D eigenvalue weighted by Crippen LogP contribution is -2.35. The first-order valence-corrected chi connectivity index (χ1v) is 7.09. The summed E-state index contributed by atoms with van der Waals surface area (Å²) in [6.07, 6.45) is 1.06. The zero-order valence-corrected chi connectivity index (χ0v) is 12.3. The van der Waals surface area contributed by atoms with E-state index < -0.39 is 0 Å². The number of carbonyl (C=O) groups excluding carboxylic acids is 1. The number of carbonyl (C=O) groups is 1. The van der Waals surface area contributed by atoms with E-state index in [1.807, 2.05) is 18.2 Å². The lowest BCUT2D eigenvalue weighted by Gasteiger charge is -2.21. The number of H-pyrrole nitrogens is 1. The number of amides is 1. The Morgan fingerprint density at radius 3 is 2.57 bits per heavy atom. The third-order valence-electron chi connectivity index (χ3n) is 4.63. The highest BCUT2D eigenvalue weighted by molar-refractivity contribution is 5.93. The van der Waals surface area contributed by atoms with Gasteiger partial charge in [0.2, 0.25) is 0 Å². The Morgan fingerprint density at radius 1 is 1.38 bits per heavy atom. The summed E-state index contributed by atoms with van der Waals surface area (Å²) in [4.78, 5) is 12.1. The average molecular weight is 284 g/mol. The molecule has 1 fully saturated rings. The second-order valence-electron chi connectivity index (χ2n) is 6.40. The van der Waals surface area contributed by atoms with Crippen LogP contribution >= 0.6 is 0 Å². The van der Waals surface area contributed by atoms with Gasteiger partial charge in [-0.05, 0) is 17.4 Å². The van der Waals surface area contributed by atoms with Crippen LogP contribution in [-0.2, 0) is 5.41 Å². The maximum absolute atomic E-state index is 12.1. The Hall–Kier alpha value is -2.30. The molecular weight excluding hydrogens is 264 g/mol. The second-order valence-corrected chi connectivity index (χ2v) is 6.40. The average Bonchev–Trinajstić information content (AvgIpc) is 2.81. The first kappa shape index (κ1) is 13.7. The van der Waals surface area contributed by atoms with Gasteiger partial charge in [0.25, 0.3) is 5.91 Å². The molecule has 1 heterocycles. The number of nitrogens with zero attached hydrogens (tertiary/aromatic N) is 1. The van der Waals surface area contributed by atoms with Gasteiger partial charge in [0.1, 0.15) is 11.5 Å². The molecule has 1 aliphatic carbocycles. The number of rotatable bonds is 4. The molecule has 0 unspecified atom stereocenters. The minimum Gasteiger partial charge on any atom is -0.382 e. The van der Waals surface area contributed by atoms with Crippen molar-refractivity contribution < 1.29 is 4.79 Å². The van der Waals surface area contributed by atoms with Gasteiger partial charge in [-0.2, -0.15) is 5.10 Å². The molecule has 0 spiro atoms. The van der Waals surface area contributed by atoms with Gasteiger partial charge in [0.05, 0.1) is 0 Å². The summed E-state index contributed by atoms with van der Waals surface area (Å²) >= 11 is 0. The predicted molar refractivity (Wildman–Crippen MR) is 81.9 cm³/mol. The van der Waals surface area contributed by atoms with Gasteiger partial charge in [0.15, 0.2) is 0 Å². The van der Waals surface area contributed by atoms with Crippen molar-refractivity contribution in [3.63, 3.8) is 0 Å². The van der Waals surface area contributed by atoms with Crippen molar-refractivity contribution in [3.05, 3.63) is 47.7 Å². The normalized spacial score (nSPS) is 22.8. The smallest absolute Gasteiger partial charge is 0.269 e. The van der Waals surface area contributed by atoms with E-state index in [9.17, 15) is 4.79 Å². The van der Waals surface area contributed by atoms with E-state index in [0.29, 0.717) is 18.1 Å². The van der Waals surface area contributed by atoms with Crippen LogP contribution in [0.4, 0.5) is 5.82 Å². The number of hydrogen-bond acceptors (Lipinski definition) is 3. The molecule has 5 nitrogen and oxygen atoms in total. The highest BCUT2D eigenvalue weighted by Crippen LogP contribution is 2.63. The lowest BCUT2D eigenvalue weighted by atomic mass is 9.88. The van der Waals surface area contributed by atoms with Crippen LogP contribution in [0.15, 0.2) is 36.4 Å². The number of hydrogen-bond donors (Lipinski definition) is 3. The summed E-state index contributed by atoms with van der Waals surface area (Å²) in [5, 5.41) is 9.42. The molecule has 5 heteroatoms.